The minimum Gasteiger partial charge on any atom is -0.266 e. The fraction of sp³-hybridized carbons (Fsp3) is 0.100. The maximum atomic E-state index is 13.3. The van der Waals surface area contributed by atoms with Gasteiger partial charge in [0, 0.05) is 11.8 Å². The summed E-state index contributed by atoms with van der Waals surface area (Å²) in [7, 11) is 0. The van der Waals surface area contributed by atoms with E-state index < -0.39 is 0 Å². The van der Waals surface area contributed by atoms with E-state index in [1.54, 1.807) is 16.8 Å². The molecule has 78 valence electrons. The van der Waals surface area contributed by atoms with E-state index in [0.717, 1.165) is 8.17 Å². The van der Waals surface area contributed by atoms with Gasteiger partial charge >= 0.3 is 0 Å². The Balaban J connectivity index is 2.26. The molecule has 2 rings (SSSR count). The van der Waals surface area contributed by atoms with Crippen molar-refractivity contribution in [3.8, 4) is 0 Å². The highest BCUT2D eigenvalue weighted by Gasteiger charge is 2.05. The summed E-state index contributed by atoms with van der Waals surface area (Å²) < 4.78 is 16.8. The predicted molar refractivity (Wildman–Crippen MR) is 68.1 cm³/mol. The van der Waals surface area contributed by atoms with Gasteiger partial charge in [0.25, 0.3) is 0 Å². The first-order valence-electron chi connectivity index (χ1n) is 4.28. The summed E-state index contributed by atoms with van der Waals surface area (Å²) in [6, 6.07) is 6.72. The van der Waals surface area contributed by atoms with Gasteiger partial charge in [-0.3, -0.25) is 4.68 Å². The highest BCUT2D eigenvalue weighted by atomic mass is 127. The van der Waals surface area contributed by atoms with Gasteiger partial charge in [-0.2, -0.15) is 5.10 Å². The average molecular weight is 381 g/mol. The topological polar surface area (TPSA) is 17.8 Å². The number of benzene rings is 1. The zero-order valence-corrected chi connectivity index (χ0v) is 11.4. The molecule has 0 aliphatic rings. The van der Waals surface area contributed by atoms with Crippen LogP contribution in [0.4, 0.5) is 4.39 Å². The Kier molecular flexibility index (Phi) is 3.40. The molecule has 0 atom stereocenters. The molecule has 0 N–H and O–H groups in total. The van der Waals surface area contributed by atoms with Crippen LogP contribution in [-0.4, -0.2) is 9.78 Å². The Morgan fingerprint density at radius 2 is 2.13 bits per heavy atom. The van der Waals surface area contributed by atoms with E-state index in [1.165, 1.54) is 6.07 Å². The van der Waals surface area contributed by atoms with E-state index in [9.17, 15) is 4.39 Å². The molecule has 0 aliphatic carbocycles. The standard InChI is InChI=1S/C10H7BrFIN2/c11-8-6-15(14-10(8)13)5-7-3-1-2-4-9(7)12/h1-4,6H,5H2. The quantitative estimate of drug-likeness (QED) is 0.730. The second-order valence-electron chi connectivity index (χ2n) is 3.06. The summed E-state index contributed by atoms with van der Waals surface area (Å²) in [4.78, 5) is 0. The van der Waals surface area contributed by atoms with Crippen molar-refractivity contribution in [3.05, 3.63) is 50.0 Å². The smallest absolute Gasteiger partial charge is 0.137 e. The van der Waals surface area contributed by atoms with Crippen molar-refractivity contribution in [1.29, 1.82) is 0 Å². The fourth-order valence-corrected chi connectivity index (χ4v) is 1.99. The third-order valence-electron chi connectivity index (χ3n) is 1.97. The number of hydrogen-bond acceptors (Lipinski definition) is 1. The van der Waals surface area contributed by atoms with Gasteiger partial charge in [0.2, 0.25) is 0 Å². The molecule has 0 aliphatic heterocycles. The van der Waals surface area contributed by atoms with Crippen molar-refractivity contribution in [2.24, 2.45) is 0 Å². The molecule has 1 aromatic heterocycles. The van der Waals surface area contributed by atoms with E-state index in [4.69, 9.17) is 0 Å². The monoisotopic (exact) mass is 380 g/mol. The molecule has 1 aromatic carbocycles. The molecule has 2 nitrogen and oxygen atoms in total. The molecule has 5 heteroatoms. The lowest BCUT2D eigenvalue weighted by Crippen LogP contribution is -2.02. The first-order chi connectivity index (χ1) is 7.16. The van der Waals surface area contributed by atoms with Gasteiger partial charge in [-0.1, -0.05) is 18.2 Å². The van der Waals surface area contributed by atoms with Crippen molar-refractivity contribution in [1.82, 2.24) is 9.78 Å². The van der Waals surface area contributed by atoms with Gasteiger partial charge in [0.05, 0.1) is 11.0 Å². The van der Waals surface area contributed by atoms with Crippen LogP contribution in [0.2, 0.25) is 0 Å². The molecular weight excluding hydrogens is 374 g/mol. The molecule has 0 radical (unpaired) electrons. The Labute approximate surface area is 109 Å². The second-order valence-corrected chi connectivity index (χ2v) is 4.93. The fourth-order valence-electron chi connectivity index (χ4n) is 1.26. The van der Waals surface area contributed by atoms with Crippen LogP contribution in [0.3, 0.4) is 0 Å². The molecule has 0 unspecified atom stereocenters. The van der Waals surface area contributed by atoms with Gasteiger partial charge in [-0.25, -0.2) is 4.39 Å². The lowest BCUT2D eigenvalue weighted by atomic mass is 10.2. The molecule has 0 saturated heterocycles. The lowest BCUT2D eigenvalue weighted by molar-refractivity contribution is 0.584. The van der Waals surface area contributed by atoms with Crippen molar-refractivity contribution >= 4 is 38.5 Å². The highest BCUT2D eigenvalue weighted by molar-refractivity contribution is 14.1. The maximum Gasteiger partial charge on any atom is 0.137 e. The molecule has 2 aromatic rings. The number of nitrogens with zero attached hydrogens (tertiary/aromatic N) is 2. The Hall–Kier alpha value is -0.430. The van der Waals surface area contributed by atoms with Crippen LogP contribution in [-0.2, 0) is 6.54 Å². The van der Waals surface area contributed by atoms with Gasteiger partial charge in [0.1, 0.15) is 9.52 Å². The molecule has 0 saturated carbocycles. The minimum absolute atomic E-state index is 0.195. The number of halogens is 3. The molecule has 15 heavy (non-hydrogen) atoms. The normalized spacial score (nSPS) is 10.6. The lowest BCUT2D eigenvalue weighted by Gasteiger charge is -2.02. The van der Waals surface area contributed by atoms with E-state index in [1.807, 2.05) is 12.3 Å². The molecule has 0 fully saturated rings. The van der Waals surface area contributed by atoms with E-state index in [0.29, 0.717) is 12.1 Å². The van der Waals surface area contributed by atoms with E-state index in [-0.39, 0.29) is 5.82 Å². The zero-order valence-electron chi connectivity index (χ0n) is 7.62. The third kappa shape index (κ3) is 2.57. The van der Waals surface area contributed by atoms with Crippen molar-refractivity contribution < 1.29 is 4.39 Å². The summed E-state index contributed by atoms with van der Waals surface area (Å²) in [6.45, 7) is 0.453. The van der Waals surface area contributed by atoms with Crippen molar-refractivity contribution in [2.75, 3.05) is 0 Å². The van der Waals surface area contributed by atoms with Gasteiger partial charge in [-0.05, 0) is 44.6 Å². The SMILES string of the molecule is Fc1ccccc1Cn1cc(Br)c(I)n1. The Bertz CT molecular complexity index is 465. The largest absolute Gasteiger partial charge is 0.266 e. The number of rotatable bonds is 2. The summed E-state index contributed by atoms with van der Waals surface area (Å²) in [5.41, 5.74) is 0.643. The van der Waals surface area contributed by atoms with Crippen LogP contribution in [0.1, 0.15) is 5.56 Å². The summed E-state index contributed by atoms with van der Waals surface area (Å²) in [5, 5.41) is 4.24. The highest BCUT2D eigenvalue weighted by Crippen LogP contribution is 2.17. The molecular formula is C10H7BrFIN2. The van der Waals surface area contributed by atoms with Crippen LogP contribution < -0.4 is 0 Å². The minimum atomic E-state index is -0.195. The Morgan fingerprint density at radius 3 is 2.73 bits per heavy atom. The van der Waals surface area contributed by atoms with Crippen LogP contribution >= 0.6 is 38.5 Å². The zero-order chi connectivity index (χ0) is 10.8. The van der Waals surface area contributed by atoms with Gasteiger partial charge in [0.15, 0.2) is 0 Å². The average Bonchev–Trinajstić information content (AvgIpc) is 2.50. The van der Waals surface area contributed by atoms with Crippen molar-refractivity contribution in [2.45, 2.75) is 6.54 Å². The van der Waals surface area contributed by atoms with Gasteiger partial charge < -0.3 is 0 Å². The van der Waals surface area contributed by atoms with E-state index in [2.05, 4.69) is 43.6 Å². The van der Waals surface area contributed by atoms with Crippen LogP contribution in [0.25, 0.3) is 0 Å². The first-order valence-corrected chi connectivity index (χ1v) is 6.16. The molecule has 1 heterocycles. The van der Waals surface area contributed by atoms with Crippen molar-refractivity contribution in [3.63, 3.8) is 0 Å². The third-order valence-corrected chi connectivity index (χ3v) is 4.08. The van der Waals surface area contributed by atoms with Gasteiger partial charge in [-0.15, -0.1) is 0 Å². The number of hydrogen-bond donors (Lipinski definition) is 0. The summed E-state index contributed by atoms with van der Waals surface area (Å²) >= 11 is 5.49. The van der Waals surface area contributed by atoms with Crippen LogP contribution in [0.5, 0.6) is 0 Å². The first kappa shape index (κ1) is 11.1. The van der Waals surface area contributed by atoms with E-state index >= 15 is 0 Å². The number of aromatic nitrogens is 2. The van der Waals surface area contributed by atoms with Crippen LogP contribution in [0, 0.1) is 9.52 Å². The molecule has 0 spiro atoms. The summed E-state index contributed by atoms with van der Waals surface area (Å²) in [5.74, 6) is -0.195. The molecule has 0 amide bonds. The second kappa shape index (κ2) is 4.61. The summed E-state index contributed by atoms with van der Waals surface area (Å²) in [6.07, 6.45) is 1.84. The predicted octanol–water partition coefficient (Wildman–Crippen LogP) is 3.44. The van der Waals surface area contributed by atoms with Crippen LogP contribution in [0.15, 0.2) is 34.9 Å². The molecule has 0 bridgehead atoms. The Morgan fingerprint density at radius 1 is 1.40 bits per heavy atom. The maximum absolute atomic E-state index is 13.3.